The van der Waals surface area contributed by atoms with Gasteiger partial charge in [0.25, 0.3) is 0 Å². The number of anilines is 1. The molecule has 0 bridgehead atoms. The lowest BCUT2D eigenvalue weighted by Gasteiger charge is -2.08. The van der Waals surface area contributed by atoms with E-state index in [9.17, 15) is 13.2 Å². The Morgan fingerprint density at radius 2 is 1.68 bits per heavy atom. The Morgan fingerprint density at radius 3 is 2.32 bits per heavy atom. The number of nitrogen functional groups attached to an aromatic ring is 1. The second-order valence-electron chi connectivity index (χ2n) is 4.06. The molecule has 0 aliphatic heterocycles. The van der Waals surface area contributed by atoms with Crippen LogP contribution in [0, 0.1) is 0 Å². The van der Waals surface area contributed by atoms with Gasteiger partial charge in [0, 0.05) is 16.3 Å². The lowest BCUT2D eigenvalue weighted by Crippen LogP contribution is -2.04. The fourth-order valence-electron chi connectivity index (χ4n) is 1.54. The number of halogens is 3. The van der Waals surface area contributed by atoms with E-state index in [0.717, 1.165) is 11.6 Å². The van der Waals surface area contributed by atoms with E-state index in [2.05, 4.69) is 0 Å². The highest BCUT2D eigenvalue weighted by atomic mass is 32.2. The minimum absolute atomic E-state index is 0.603. The summed E-state index contributed by atoms with van der Waals surface area (Å²) in [6.07, 6.45) is -4.29. The van der Waals surface area contributed by atoms with Gasteiger partial charge < -0.3 is 5.73 Å². The van der Waals surface area contributed by atoms with Gasteiger partial charge in [-0.3, -0.25) is 0 Å². The Hall–Kier alpha value is -1.62. The first kappa shape index (κ1) is 13.8. The summed E-state index contributed by atoms with van der Waals surface area (Å²) in [5, 5.41) is 0. The minimum atomic E-state index is -4.29. The molecule has 0 fully saturated rings. The molecule has 2 aromatic rings. The zero-order chi connectivity index (χ0) is 13.9. The van der Waals surface area contributed by atoms with Crippen LogP contribution in [0.5, 0.6) is 0 Å². The monoisotopic (exact) mass is 283 g/mol. The number of hydrogen-bond donors (Lipinski definition) is 1. The summed E-state index contributed by atoms with van der Waals surface area (Å²) in [5.74, 6) is 0.613. The highest BCUT2D eigenvalue weighted by molar-refractivity contribution is 7.98. The molecule has 0 radical (unpaired) electrons. The van der Waals surface area contributed by atoms with Gasteiger partial charge in [-0.05, 0) is 35.9 Å². The number of benzene rings is 2. The first-order valence-electron chi connectivity index (χ1n) is 5.59. The molecular weight excluding hydrogens is 271 g/mol. The van der Waals surface area contributed by atoms with Crippen molar-refractivity contribution in [2.75, 3.05) is 5.73 Å². The molecule has 2 aromatic carbocycles. The van der Waals surface area contributed by atoms with E-state index in [4.69, 9.17) is 5.73 Å². The van der Waals surface area contributed by atoms with Gasteiger partial charge in [0.1, 0.15) is 0 Å². The number of alkyl halides is 3. The van der Waals surface area contributed by atoms with Gasteiger partial charge in [-0.25, -0.2) is 0 Å². The molecule has 0 aromatic heterocycles. The van der Waals surface area contributed by atoms with Crippen molar-refractivity contribution in [3.63, 3.8) is 0 Å². The highest BCUT2D eigenvalue weighted by Gasteiger charge is 2.30. The van der Waals surface area contributed by atoms with Gasteiger partial charge in [-0.1, -0.05) is 18.2 Å². The average molecular weight is 283 g/mol. The van der Waals surface area contributed by atoms with Crippen LogP contribution in [-0.2, 0) is 11.9 Å². The third-order valence-electron chi connectivity index (χ3n) is 2.55. The molecule has 0 spiro atoms. The van der Waals surface area contributed by atoms with E-state index in [1.165, 1.54) is 23.9 Å². The molecule has 1 nitrogen and oxygen atoms in total. The van der Waals surface area contributed by atoms with Crippen molar-refractivity contribution in [3.05, 3.63) is 59.7 Å². The molecule has 0 saturated heterocycles. The summed E-state index contributed by atoms with van der Waals surface area (Å²) < 4.78 is 37.7. The molecule has 0 heterocycles. The van der Waals surface area contributed by atoms with Crippen LogP contribution in [0.3, 0.4) is 0 Å². The fraction of sp³-hybridized carbons (Fsp3) is 0.143. The van der Waals surface area contributed by atoms with Crippen LogP contribution in [-0.4, -0.2) is 0 Å². The quantitative estimate of drug-likeness (QED) is 0.659. The van der Waals surface area contributed by atoms with E-state index in [-0.39, 0.29) is 0 Å². The topological polar surface area (TPSA) is 26.0 Å². The van der Waals surface area contributed by atoms with Crippen LogP contribution in [0.15, 0.2) is 53.4 Å². The van der Waals surface area contributed by atoms with Crippen molar-refractivity contribution < 1.29 is 13.2 Å². The number of nitrogens with two attached hydrogens (primary N) is 1. The van der Waals surface area contributed by atoms with Gasteiger partial charge >= 0.3 is 6.18 Å². The summed E-state index contributed by atoms with van der Waals surface area (Å²) in [5.41, 5.74) is 6.65. The first-order valence-corrected chi connectivity index (χ1v) is 6.58. The Morgan fingerprint density at radius 1 is 1.00 bits per heavy atom. The van der Waals surface area contributed by atoms with Crippen LogP contribution in [0.25, 0.3) is 0 Å². The molecule has 0 unspecified atom stereocenters. The normalized spacial score (nSPS) is 11.5. The van der Waals surface area contributed by atoms with Crippen LogP contribution in [0.4, 0.5) is 18.9 Å². The number of thioether (sulfide) groups is 1. The molecule has 2 N–H and O–H groups in total. The van der Waals surface area contributed by atoms with E-state index in [1.54, 1.807) is 18.2 Å². The summed E-state index contributed by atoms with van der Waals surface area (Å²) in [7, 11) is 0. The van der Waals surface area contributed by atoms with Gasteiger partial charge in [0.2, 0.25) is 0 Å². The lowest BCUT2D eigenvalue weighted by atomic mass is 10.2. The van der Waals surface area contributed by atoms with Crippen molar-refractivity contribution in [1.29, 1.82) is 0 Å². The molecule has 0 saturated carbocycles. The standard InChI is InChI=1S/C14H12F3NS/c15-14(16,17)11-2-1-3-13(8-11)19-9-10-4-6-12(18)7-5-10/h1-8H,9,18H2. The largest absolute Gasteiger partial charge is 0.416 e. The average Bonchev–Trinajstić information content (AvgIpc) is 2.37. The Labute approximate surface area is 113 Å². The van der Waals surface area contributed by atoms with E-state index >= 15 is 0 Å². The highest BCUT2D eigenvalue weighted by Crippen LogP contribution is 2.32. The molecule has 2 rings (SSSR count). The number of rotatable bonds is 3. The second kappa shape index (κ2) is 5.57. The second-order valence-corrected chi connectivity index (χ2v) is 5.10. The van der Waals surface area contributed by atoms with Crippen molar-refractivity contribution in [2.45, 2.75) is 16.8 Å². The van der Waals surface area contributed by atoms with Gasteiger partial charge in [0.05, 0.1) is 5.56 Å². The van der Waals surface area contributed by atoms with Crippen molar-refractivity contribution in [2.24, 2.45) is 0 Å². The molecule has 19 heavy (non-hydrogen) atoms. The van der Waals surface area contributed by atoms with Crippen LogP contribution < -0.4 is 5.73 Å². The van der Waals surface area contributed by atoms with E-state index < -0.39 is 11.7 Å². The molecular formula is C14H12F3NS. The maximum atomic E-state index is 12.6. The summed E-state index contributed by atoms with van der Waals surface area (Å²) in [6, 6.07) is 12.6. The van der Waals surface area contributed by atoms with Crippen LogP contribution in [0.1, 0.15) is 11.1 Å². The molecule has 100 valence electrons. The lowest BCUT2D eigenvalue weighted by molar-refractivity contribution is -0.137. The minimum Gasteiger partial charge on any atom is -0.399 e. The van der Waals surface area contributed by atoms with Crippen molar-refractivity contribution in [1.82, 2.24) is 0 Å². The van der Waals surface area contributed by atoms with E-state index in [1.807, 2.05) is 12.1 Å². The van der Waals surface area contributed by atoms with Gasteiger partial charge in [0.15, 0.2) is 0 Å². The number of hydrogen-bond acceptors (Lipinski definition) is 2. The zero-order valence-electron chi connectivity index (χ0n) is 9.95. The molecule has 0 aliphatic rings. The molecule has 0 aliphatic carbocycles. The molecule has 0 amide bonds. The SMILES string of the molecule is Nc1ccc(CSc2cccc(C(F)(F)F)c2)cc1. The van der Waals surface area contributed by atoms with Gasteiger partial charge in [-0.15, -0.1) is 11.8 Å². The third-order valence-corrected chi connectivity index (χ3v) is 3.61. The van der Waals surface area contributed by atoms with Gasteiger partial charge in [-0.2, -0.15) is 13.2 Å². The first-order chi connectivity index (χ1) is 8.95. The van der Waals surface area contributed by atoms with Crippen LogP contribution >= 0.6 is 11.8 Å². The predicted molar refractivity (Wildman–Crippen MR) is 71.9 cm³/mol. The van der Waals surface area contributed by atoms with Crippen molar-refractivity contribution >= 4 is 17.4 Å². The van der Waals surface area contributed by atoms with Crippen LogP contribution in [0.2, 0.25) is 0 Å². The summed E-state index contributed by atoms with van der Waals surface area (Å²) in [6.45, 7) is 0. The summed E-state index contributed by atoms with van der Waals surface area (Å²) >= 11 is 1.37. The third kappa shape index (κ3) is 3.92. The Kier molecular flexibility index (Phi) is 4.04. The Bertz CT molecular complexity index is 549. The maximum Gasteiger partial charge on any atom is 0.416 e. The predicted octanol–water partition coefficient (Wildman–Crippen LogP) is 4.58. The zero-order valence-corrected chi connectivity index (χ0v) is 10.8. The summed E-state index contributed by atoms with van der Waals surface area (Å²) in [4.78, 5) is 0.603. The molecule has 5 heteroatoms. The van der Waals surface area contributed by atoms with Crippen molar-refractivity contribution in [3.8, 4) is 0 Å². The Balaban J connectivity index is 2.05. The van der Waals surface area contributed by atoms with E-state index in [0.29, 0.717) is 16.3 Å². The maximum absolute atomic E-state index is 12.6. The fourth-order valence-corrected chi connectivity index (χ4v) is 2.45. The molecule has 0 atom stereocenters. The smallest absolute Gasteiger partial charge is 0.399 e.